The molecule has 0 aliphatic heterocycles. The standard InChI is InChI=1S/C53H33N3O/c1-3-15-37(16-4-1)51-54-52(38-17-5-2-6-18-38)56-53(55-51)45-26-13-27-47-50(45)49-44-24-10-9-23-43(44)46(33-48(49)57-47)36-30-28-34(29-31-36)39-20-11-21-40(32-39)42-25-12-19-35-14-7-8-22-41(35)42/h1-33H. The van der Waals surface area contributed by atoms with Crippen LogP contribution in [0.25, 0.3) is 111 Å². The molecule has 0 N–H and O–H groups in total. The van der Waals surface area contributed by atoms with E-state index in [4.69, 9.17) is 19.4 Å². The molecule has 0 spiro atoms. The van der Waals surface area contributed by atoms with E-state index >= 15 is 0 Å². The molecule has 2 aromatic heterocycles. The van der Waals surface area contributed by atoms with Crippen molar-refractivity contribution in [2.45, 2.75) is 0 Å². The number of hydrogen-bond donors (Lipinski definition) is 0. The lowest BCUT2D eigenvalue weighted by molar-refractivity contribution is 0.669. The van der Waals surface area contributed by atoms with Crippen LogP contribution < -0.4 is 0 Å². The molecule has 0 radical (unpaired) electrons. The second-order valence-electron chi connectivity index (χ2n) is 14.3. The van der Waals surface area contributed by atoms with Gasteiger partial charge in [0.2, 0.25) is 0 Å². The minimum Gasteiger partial charge on any atom is -0.456 e. The minimum absolute atomic E-state index is 0.601. The number of nitrogens with zero attached hydrogens (tertiary/aromatic N) is 3. The second-order valence-corrected chi connectivity index (χ2v) is 14.3. The van der Waals surface area contributed by atoms with Crippen LogP contribution in [-0.4, -0.2) is 15.0 Å². The highest BCUT2D eigenvalue weighted by Gasteiger charge is 2.21. The van der Waals surface area contributed by atoms with Crippen molar-refractivity contribution in [3.63, 3.8) is 0 Å². The zero-order valence-corrected chi connectivity index (χ0v) is 30.8. The van der Waals surface area contributed by atoms with E-state index in [0.717, 1.165) is 60.5 Å². The number of furan rings is 1. The van der Waals surface area contributed by atoms with Gasteiger partial charge in [0.15, 0.2) is 17.5 Å². The highest BCUT2D eigenvalue weighted by Crippen LogP contribution is 2.43. The molecule has 0 fully saturated rings. The summed E-state index contributed by atoms with van der Waals surface area (Å²) in [6, 6.07) is 69.9. The lowest BCUT2D eigenvalue weighted by atomic mass is 9.92. The quantitative estimate of drug-likeness (QED) is 0.171. The summed E-state index contributed by atoms with van der Waals surface area (Å²) in [6.45, 7) is 0. The largest absolute Gasteiger partial charge is 0.456 e. The Kier molecular flexibility index (Phi) is 7.78. The molecule has 11 aromatic rings. The van der Waals surface area contributed by atoms with Crippen LogP contribution in [0.5, 0.6) is 0 Å². The van der Waals surface area contributed by atoms with Crippen LogP contribution in [0.3, 0.4) is 0 Å². The van der Waals surface area contributed by atoms with Gasteiger partial charge < -0.3 is 4.42 Å². The average molecular weight is 728 g/mol. The smallest absolute Gasteiger partial charge is 0.164 e. The number of hydrogen-bond acceptors (Lipinski definition) is 4. The maximum atomic E-state index is 6.72. The van der Waals surface area contributed by atoms with Crippen molar-refractivity contribution >= 4 is 43.5 Å². The van der Waals surface area contributed by atoms with Gasteiger partial charge in [0, 0.05) is 27.5 Å². The van der Waals surface area contributed by atoms with Crippen LogP contribution in [0.4, 0.5) is 0 Å². The van der Waals surface area contributed by atoms with Gasteiger partial charge in [-0.1, -0.05) is 182 Å². The van der Waals surface area contributed by atoms with Crippen molar-refractivity contribution in [3.05, 3.63) is 200 Å². The third-order valence-corrected chi connectivity index (χ3v) is 10.9. The van der Waals surface area contributed by atoms with Crippen molar-refractivity contribution in [1.82, 2.24) is 15.0 Å². The van der Waals surface area contributed by atoms with E-state index in [0.29, 0.717) is 17.5 Å². The molecule has 0 unspecified atom stereocenters. The topological polar surface area (TPSA) is 51.8 Å². The zero-order valence-electron chi connectivity index (χ0n) is 30.8. The SMILES string of the molecule is c1ccc(-c2nc(-c3ccccc3)nc(-c3cccc4oc5cc(-c6ccc(-c7cccc(-c8cccc9ccccc89)c7)cc6)c6ccccc6c5c34)n2)cc1. The van der Waals surface area contributed by atoms with E-state index in [-0.39, 0.29) is 0 Å². The molecular formula is C53H33N3O. The first-order chi connectivity index (χ1) is 28.2. The molecule has 57 heavy (non-hydrogen) atoms. The minimum atomic E-state index is 0.601. The molecule has 266 valence electrons. The third-order valence-electron chi connectivity index (χ3n) is 10.9. The van der Waals surface area contributed by atoms with Gasteiger partial charge in [-0.05, 0) is 73.1 Å². The maximum Gasteiger partial charge on any atom is 0.164 e. The van der Waals surface area contributed by atoms with Gasteiger partial charge in [0.1, 0.15) is 11.2 Å². The zero-order chi connectivity index (χ0) is 37.7. The Hall–Kier alpha value is -7.69. The molecule has 0 aliphatic carbocycles. The van der Waals surface area contributed by atoms with Crippen molar-refractivity contribution in [1.29, 1.82) is 0 Å². The first-order valence-electron chi connectivity index (χ1n) is 19.2. The summed E-state index contributed by atoms with van der Waals surface area (Å²) in [5, 5.41) is 6.80. The van der Waals surface area contributed by atoms with E-state index < -0.39 is 0 Å². The Morgan fingerprint density at radius 2 is 0.825 bits per heavy atom. The van der Waals surface area contributed by atoms with Crippen LogP contribution in [0.2, 0.25) is 0 Å². The summed E-state index contributed by atoms with van der Waals surface area (Å²) in [7, 11) is 0. The van der Waals surface area contributed by atoms with Gasteiger partial charge in [-0.15, -0.1) is 0 Å². The van der Waals surface area contributed by atoms with E-state index in [1.54, 1.807) is 0 Å². The Morgan fingerprint density at radius 3 is 1.58 bits per heavy atom. The first-order valence-corrected chi connectivity index (χ1v) is 19.2. The molecule has 2 heterocycles. The molecular weight excluding hydrogens is 695 g/mol. The van der Waals surface area contributed by atoms with Gasteiger partial charge in [-0.2, -0.15) is 0 Å². The van der Waals surface area contributed by atoms with Crippen LogP contribution in [0, 0.1) is 0 Å². The summed E-state index contributed by atoms with van der Waals surface area (Å²) in [5.41, 5.74) is 11.4. The monoisotopic (exact) mass is 727 g/mol. The van der Waals surface area contributed by atoms with Gasteiger partial charge in [-0.3, -0.25) is 0 Å². The van der Waals surface area contributed by atoms with Crippen molar-refractivity contribution in [3.8, 4) is 67.5 Å². The third kappa shape index (κ3) is 5.74. The molecule has 11 rings (SSSR count). The number of fused-ring (bicyclic) bond motifs is 6. The molecule has 0 aliphatic rings. The fourth-order valence-electron chi connectivity index (χ4n) is 8.22. The van der Waals surface area contributed by atoms with Crippen LogP contribution >= 0.6 is 0 Å². The van der Waals surface area contributed by atoms with Gasteiger partial charge in [0.25, 0.3) is 0 Å². The lowest BCUT2D eigenvalue weighted by Gasteiger charge is -2.12. The van der Waals surface area contributed by atoms with Crippen LogP contribution in [-0.2, 0) is 0 Å². The molecule has 4 heteroatoms. The predicted molar refractivity (Wildman–Crippen MR) is 235 cm³/mol. The molecule has 0 saturated carbocycles. The summed E-state index contributed by atoms with van der Waals surface area (Å²) < 4.78 is 6.72. The predicted octanol–water partition coefficient (Wildman–Crippen LogP) is 14.1. The van der Waals surface area contributed by atoms with Crippen LogP contribution in [0.1, 0.15) is 0 Å². The van der Waals surface area contributed by atoms with Crippen LogP contribution in [0.15, 0.2) is 205 Å². The van der Waals surface area contributed by atoms with E-state index in [1.807, 2.05) is 72.8 Å². The average Bonchev–Trinajstić information content (AvgIpc) is 3.68. The summed E-state index contributed by atoms with van der Waals surface area (Å²) in [5.74, 6) is 1.85. The van der Waals surface area contributed by atoms with E-state index in [1.165, 1.54) is 33.0 Å². The number of aromatic nitrogens is 3. The molecule has 0 amide bonds. The van der Waals surface area contributed by atoms with Gasteiger partial charge >= 0.3 is 0 Å². The van der Waals surface area contributed by atoms with Crippen molar-refractivity contribution in [2.24, 2.45) is 0 Å². The highest BCUT2D eigenvalue weighted by molar-refractivity contribution is 6.25. The molecule has 4 nitrogen and oxygen atoms in total. The van der Waals surface area contributed by atoms with E-state index in [9.17, 15) is 0 Å². The van der Waals surface area contributed by atoms with Gasteiger partial charge in [0.05, 0.1) is 0 Å². The van der Waals surface area contributed by atoms with E-state index in [2.05, 4.69) is 127 Å². The van der Waals surface area contributed by atoms with Crippen molar-refractivity contribution in [2.75, 3.05) is 0 Å². The highest BCUT2D eigenvalue weighted by atomic mass is 16.3. The Balaban J connectivity index is 1.03. The summed E-state index contributed by atoms with van der Waals surface area (Å²) in [6.07, 6.45) is 0. The van der Waals surface area contributed by atoms with Crippen molar-refractivity contribution < 1.29 is 4.42 Å². The fourth-order valence-corrected chi connectivity index (χ4v) is 8.22. The first kappa shape index (κ1) is 32.7. The summed E-state index contributed by atoms with van der Waals surface area (Å²) in [4.78, 5) is 15.1. The molecule has 0 saturated heterocycles. The Bertz CT molecular complexity index is 3220. The lowest BCUT2D eigenvalue weighted by Crippen LogP contribution is -2.00. The Morgan fingerprint density at radius 1 is 0.281 bits per heavy atom. The molecule has 9 aromatic carbocycles. The summed E-state index contributed by atoms with van der Waals surface area (Å²) >= 11 is 0. The fraction of sp³-hybridized carbons (Fsp3) is 0. The maximum absolute atomic E-state index is 6.72. The molecule has 0 bridgehead atoms. The van der Waals surface area contributed by atoms with Gasteiger partial charge in [-0.25, -0.2) is 15.0 Å². The normalized spacial score (nSPS) is 11.5. The number of rotatable bonds is 6. The number of benzene rings is 9. The molecule has 0 atom stereocenters. The Labute approximate surface area is 329 Å². The second kappa shape index (κ2) is 13.6.